The van der Waals surface area contributed by atoms with E-state index in [0.717, 1.165) is 18.6 Å². The molecule has 1 aliphatic rings. The second-order valence-corrected chi connectivity index (χ2v) is 6.36. The normalized spacial score (nSPS) is 15.2. The van der Waals surface area contributed by atoms with Gasteiger partial charge in [-0.05, 0) is 38.0 Å². The molecule has 8 heteroatoms. The maximum Gasteiger partial charge on any atom is 0.274 e. The quantitative estimate of drug-likeness (QED) is 0.748. The van der Waals surface area contributed by atoms with Crippen LogP contribution in [0.15, 0.2) is 41.1 Å². The van der Waals surface area contributed by atoms with Crippen LogP contribution < -0.4 is 5.32 Å². The number of furan rings is 1. The van der Waals surface area contributed by atoms with Crippen LogP contribution in [0.3, 0.4) is 0 Å². The molecule has 134 valence electrons. The Labute approximate surface area is 150 Å². The molecule has 0 unspecified atom stereocenters. The van der Waals surface area contributed by atoms with Crippen molar-refractivity contribution in [3.05, 3.63) is 48.1 Å². The van der Waals surface area contributed by atoms with Crippen molar-refractivity contribution in [2.75, 3.05) is 18.4 Å². The predicted octanol–water partition coefficient (Wildman–Crippen LogP) is 2.48. The van der Waals surface area contributed by atoms with E-state index in [2.05, 4.69) is 25.5 Å². The molecule has 0 radical (unpaired) electrons. The Kier molecular flexibility index (Phi) is 4.39. The summed E-state index contributed by atoms with van der Waals surface area (Å²) < 4.78 is 5.56. The number of piperidine rings is 1. The predicted molar refractivity (Wildman–Crippen MR) is 95.6 cm³/mol. The third-order valence-electron chi connectivity index (χ3n) is 4.48. The highest BCUT2D eigenvalue weighted by atomic mass is 16.3. The number of H-pyrrole nitrogens is 1. The zero-order chi connectivity index (χ0) is 17.9. The van der Waals surface area contributed by atoms with Crippen LogP contribution in [0.25, 0.3) is 11.5 Å². The van der Waals surface area contributed by atoms with Crippen molar-refractivity contribution in [2.45, 2.75) is 25.8 Å². The first kappa shape index (κ1) is 16.3. The molecule has 3 aromatic rings. The minimum absolute atomic E-state index is 0.0646. The van der Waals surface area contributed by atoms with Crippen LogP contribution >= 0.6 is 0 Å². The number of nitrogens with one attached hydrogen (secondary N) is 2. The number of carbonyl (C=O) groups is 1. The average Bonchev–Trinajstić information content (AvgIpc) is 3.32. The van der Waals surface area contributed by atoms with E-state index in [4.69, 9.17) is 4.42 Å². The van der Waals surface area contributed by atoms with Gasteiger partial charge in [-0.3, -0.25) is 9.89 Å². The summed E-state index contributed by atoms with van der Waals surface area (Å²) in [6.45, 7) is 3.22. The van der Waals surface area contributed by atoms with Crippen molar-refractivity contribution < 1.29 is 9.21 Å². The molecule has 4 heterocycles. The molecular weight excluding hydrogens is 332 g/mol. The minimum atomic E-state index is -0.0646. The van der Waals surface area contributed by atoms with Crippen molar-refractivity contribution >= 4 is 11.9 Å². The van der Waals surface area contributed by atoms with E-state index in [9.17, 15) is 4.79 Å². The molecule has 2 N–H and O–H groups in total. The van der Waals surface area contributed by atoms with E-state index in [-0.39, 0.29) is 11.9 Å². The molecule has 0 spiro atoms. The van der Waals surface area contributed by atoms with Crippen molar-refractivity contribution in [1.29, 1.82) is 0 Å². The molecule has 8 nitrogen and oxygen atoms in total. The fraction of sp³-hybridized carbons (Fsp3) is 0.333. The van der Waals surface area contributed by atoms with Gasteiger partial charge in [0.05, 0.1) is 0 Å². The van der Waals surface area contributed by atoms with Gasteiger partial charge in [0.15, 0.2) is 11.5 Å². The number of carbonyl (C=O) groups excluding carboxylic acids is 1. The highest BCUT2D eigenvalue weighted by molar-refractivity contribution is 5.93. The first-order valence-electron chi connectivity index (χ1n) is 8.64. The van der Waals surface area contributed by atoms with Crippen molar-refractivity contribution in [2.24, 2.45) is 0 Å². The SMILES string of the molecule is Cc1ccc(-c2cc(C(=O)N3CCC(Nc4ncccn4)CC3)n[nH]2)o1. The van der Waals surface area contributed by atoms with Crippen LogP contribution in [0.5, 0.6) is 0 Å². The number of likely N-dealkylation sites (tertiary alicyclic amines) is 1. The molecular formula is C18H20N6O2. The van der Waals surface area contributed by atoms with Crippen LogP contribution in [0.4, 0.5) is 5.95 Å². The summed E-state index contributed by atoms with van der Waals surface area (Å²) in [6, 6.07) is 7.53. The van der Waals surface area contributed by atoms with Crippen LogP contribution in [-0.2, 0) is 0 Å². The fourth-order valence-corrected chi connectivity index (χ4v) is 3.08. The molecule has 26 heavy (non-hydrogen) atoms. The lowest BCUT2D eigenvalue weighted by Gasteiger charge is -2.31. The third-order valence-corrected chi connectivity index (χ3v) is 4.48. The van der Waals surface area contributed by atoms with Crippen LogP contribution in [0.2, 0.25) is 0 Å². The monoisotopic (exact) mass is 352 g/mol. The van der Waals surface area contributed by atoms with Gasteiger partial charge < -0.3 is 14.6 Å². The maximum absolute atomic E-state index is 12.7. The Bertz CT molecular complexity index is 880. The number of aromatic nitrogens is 4. The summed E-state index contributed by atoms with van der Waals surface area (Å²) in [5.74, 6) is 2.06. The third kappa shape index (κ3) is 3.44. The minimum Gasteiger partial charge on any atom is -0.460 e. The Morgan fingerprint density at radius 3 is 2.73 bits per heavy atom. The smallest absolute Gasteiger partial charge is 0.274 e. The molecule has 3 aromatic heterocycles. The molecule has 4 rings (SSSR count). The van der Waals surface area contributed by atoms with Gasteiger partial charge in [0.1, 0.15) is 11.5 Å². The Morgan fingerprint density at radius 2 is 2.04 bits per heavy atom. The van der Waals surface area contributed by atoms with Crippen molar-refractivity contribution in [1.82, 2.24) is 25.1 Å². The highest BCUT2D eigenvalue weighted by Gasteiger charge is 2.25. The lowest BCUT2D eigenvalue weighted by molar-refractivity contribution is 0.0712. The molecule has 0 atom stereocenters. The van der Waals surface area contributed by atoms with Gasteiger partial charge in [-0.25, -0.2) is 9.97 Å². The second kappa shape index (κ2) is 6.99. The van der Waals surface area contributed by atoms with Crippen molar-refractivity contribution in [3.8, 4) is 11.5 Å². The van der Waals surface area contributed by atoms with E-state index < -0.39 is 0 Å². The van der Waals surface area contributed by atoms with Gasteiger partial charge in [0, 0.05) is 37.6 Å². The largest absolute Gasteiger partial charge is 0.460 e. The Hall–Kier alpha value is -3.16. The number of anilines is 1. The summed E-state index contributed by atoms with van der Waals surface area (Å²) in [5.41, 5.74) is 1.12. The number of aromatic amines is 1. The lowest BCUT2D eigenvalue weighted by atomic mass is 10.0. The zero-order valence-corrected chi connectivity index (χ0v) is 14.5. The number of hydrogen-bond acceptors (Lipinski definition) is 6. The van der Waals surface area contributed by atoms with Crippen LogP contribution in [-0.4, -0.2) is 50.1 Å². The van der Waals surface area contributed by atoms with Gasteiger partial charge >= 0.3 is 0 Å². The van der Waals surface area contributed by atoms with Crippen LogP contribution in [0, 0.1) is 6.92 Å². The molecule has 1 fully saturated rings. The lowest BCUT2D eigenvalue weighted by Crippen LogP contribution is -2.42. The van der Waals surface area contributed by atoms with Gasteiger partial charge in [-0.1, -0.05) is 0 Å². The molecule has 1 amide bonds. The van der Waals surface area contributed by atoms with E-state index in [0.29, 0.717) is 36.2 Å². The van der Waals surface area contributed by atoms with E-state index in [1.165, 1.54) is 0 Å². The number of amides is 1. The average molecular weight is 352 g/mol. The number of aryl methyl sites for hydroxylation is 1. The number of hydrogen-bond donors (Lipinski definition) is 2. The van der Waals surface area contributed by atoms with E-state index in [1.54, 1.807) is 24.5 Å². The maximum atomic E-state index is 12.7. The molecule has 0 bridgehead atoms. The number of nitrogens with zero attached hydrogens (tertiary/aromatic N) is 4. The topological polar surface area (TPSA) is 99.9 Å². The first-order valence-corrected chi connectivity index (χ1v) is 8.64. The van der Waals surface area contributed by atoms with Crippen molar-refractivity contribution in [3.63, 3.8) is 0 Å². The summed E-state index contributed by atoms with van der Waals surface area (Å²) in [5, 5.41) is 10.3. The second-order valence-electron chi connectivity index (χ2n) is 6.36. The number of rotatable bonds is 4. The summed E-state index contributed by atoms with van der Waals surface area (Å²) in [4.78, 5) is 22.9. The molecule has 1 saturated heterocycles. The summed E-state index contributed by atoms with van der Waals surface area (Å²) in [6.07, 6.45) is 5.12. The Morgan fingerprint density at radius 1 is 1.27 bits per heavy atom. The summed E-state index contributed by atoms with van der Waals surface area (Å²) >= 11 is 0. The van der Waals surface area contributed by atoms with Gasteiger partial charge in [0.25, 0.3) is 5.91 Å². The fourth-order valence-electron chi connectivity index (χ4n) is 3.08. The van der Waals surface area contributed by atoms with E-state index in [1.807, 2.05) is 24.0 Å². The summed E-state index contributed by atoms with van der Waals surface area (Å²) in [7, 11) is 0. The zero-order valence-electron chi connectivity index (χ0n) is 14.5. The molecule has 1 aliphatic heterocycles. The van der Waals surface area contributed by atoms with Gasteiger partial charge in [-0.15, -0.1) is 0 Å². The Balaban J connectivity index is 1.36. The van der Waals surface area contributed by atoms with E-state index >= 15 is 0 Å². The standard InChI is InChI=1S/C18H20N6O2/c1-12-3-4-16(26-12)14-11-15(23-22-14)17(25)24-9-5-13(6-10-24)21-18-19-7-2-8-20-18/h2-4,7-8,11,13H,5-6,9-10H2,1H3,(H,22,23)(H,19,20,21). The highest BCUT2D eigenvalue weighted by Crippen LogP contribution is 2.22. The van der Waals surface area contributed by atoms with Crippen LogP contribution in [0.1, 0.15) is 29.1 Å². The molecule has 0 aliphatic carbocycles. The first-order chi connectivity index (χ1) is 12.7. The molecule has 0 aromatic carbocycles. The van der Waals surface area contributed by atoms with Gasteiger partial charge in [-0.2, -0.15) is 5.10 Å². The van der Waals surface area contributed by atoms with Gasteiger partial charge in [0.2, 0.25) is 5.95 Å². The molecule has 0 saturated carbocycles.